The molecule has 0 unspecified atom stereocenters. The lowest BCUT2D eigenvalue weighted by Gasteiger charge is -2.09. The van der Waals surface area contributed by atoms with E-state index < -0.39 is 5.97 Å². The van der Waals surface area contributed by atoms with Crippen LogP contribution >= 0.6 is 23.1 Å². The first-order valence-electron chi connectivity index (χ1n) is 8.79. The SMILES string of the molecule is O=C(COC(=O)c1ccccc1SCc1cscn1)NCCc1ccccc1. The molecule has 0 aliphatic heterocycles. The summed E-state index contributed by atoms with van der Waals surface area (Å²) in [6.45, 7) is 0.208. The molecule has 144 valence electrons. The monoisotopic (exact) mass is 412 g/mol. The molecule has 1 aromatic heterocycles. The van der Waals surface area contributed by atoms with Crippen molar-refractivity contribution in [2.45, 2.75) is 17.1 Å². The molecule has 28 heavy (non-hydrogen) atoms. The molecule has 1 N–H and O–H groups in total. The largest absolute Gasteiger partial charge is 0.452 e. The lowest BCUT2D eigenvalue weighted by atomic mass is 10.1. The third-order valence-corrected chi connectivity index (χ3v) is 5.62. The van der Waals surface area contributed by atoms with Crippen LogP contribution in [0.25, 0.3) is 0 Å². The second-order valence-corrected chi connectivity index (χ2v) is 7.66. The highest BCUT2D eigenvalue weighted by Crippen LogP contribution is 2.26. The molecular weight excluding hydrogens is 392 g/mol. The summed E-state index contributed by atoms with van der Waals surface area (Å²) in [5.41, 5.74) is 4.36. The van der Waals surface area contributed by atoms with Crippen molar-refractivity contribution in [2.75, 3.05) is 13.2 Å². The maximum Gasteiger partial charge on any atom is 0.339 e. The number of carbonyl (C=O) groups is 2. The number of amides is 1. The molecule has 0 aliphatic carbocycles. The Labute approximate surface area is 172 Å². The van der Waals surface area contributed by atoms with Gasteiger partial charge in [-0.05, 0) is 24.1 Å². The number of aromatic nitrogens is 1. The molecule has 5 nitrogen and oxygen atoms in total. The Morgan fingerprint density at radius 1 is 1.07 bits per heavy atom. The number of nitrogens with one attached hydrogen (secondary N) is 1. The van der Waals surface area contributed by atoms with E-state index in [1.807, 2.05) is 47.8 Å². The summed E-state index contributed by atoms with van der Waals surface area (Å²) >= 11 is 3.06. The third-order valence-electron chi connectivity index (χ3n) is 3.88. The van der Waals surface area contributed by atoms with Crippen molar-refractivity contribution >= 4 is 35.0 Å². The van der Waals surface area contributed by atoms with E-state index in [4.69, 9.17) is 4.74 Å². The van der Waals surface area contributed by atoms with Crippen LogP contribution in [0.5, 0.6) is 0 Å². The van der Waals surface area contributed by atoms with E-state index >= 15 is 0 Å². The molecule has 1 heterocycles. The van der Waals surface area contributed by atoms with Gasteiger partial charge >= 0.3 is 5.97 Å². The number of esters is 1. The number of rotatable bonds is 9. The molecule has 0 saturated carbocycles. The first-order valence-corrected chi connectivity index (χ1v) is 10.7. The summed E-state index contributed by atoms with van der Waals surface area (Å²) in [4.78, 5) is 29.4. The second kappa shape index (κ2) is 10.6. The summed E-state index contributed by atoms with van der Waals surface area (Å²) in [6.07, 6.45) is 0.733. The Morgan fingerprint density at radius 3 is 2.64 bits per heavy atom. The van der Waals surface area contributed by atoms with Crippen LogP contribution < -0.4 is 5.32 Å². The normalized spacial score (nSPS) is 10.4. The Morgan fingerprint density at radius 2 is 1.86 bits per heavy atom. The van der Waals surface area contributed by atoms with Crippen LogP contribution in [0.15, 0.2) is 70.4 Å². The van der Waals surface area contributed by atoms with Crippen LogP contribution in [0.3, 0.4) is 0 Å². The van der Waals surface area contributed by atoms with Crippen LogP contribution in [0.2, 0.25) is 0 Å². The van der Waals surface area contributed by atoms with Crippen molar-refractivity contribution in [2.24, 2.45) is 0 Å². The van der Waals surface area contributed by atoms with Crippen LogP contribution in [0.1, 0.15) is 21.6 Å². The average Bonchev–Trinajstić information content (AvgIpc) is 3.25. The van der Waals surface area contributed by atoms with Gasteiger partial charge in [0.25, 0.3) is 5.91 Å². The van der Waals surface area contributed by atoms with Crippen LogP contribution in [0, 0.1) is 0 Å². The number of thiazole rings is 1. The van der Waals surface area contributed by atoms with Crippen molar-refractivity contribution in [1.29, 1.82) is 0 Å². The highest BCUT2D eigenvalue weighted by molar-refractivity contribution is 7.98. The van der Waals surface area contributed by atoms with E-state index in [2.05, 4.69) is 10.3 Å². The van der Waals surface area contributed by atoms with Gasteiger partial charge in [-0.2, -0.15) is 0 Å². The molecule has 3 aromatic rings. The first kappa shape index (κ1) is 20.1. The molecule has 0 aliphatic rings. The standard InChI is InChI=1S/C21H20N2O3S2/c24-20(22-11-10-16-6-2-1-3-7-16)12-26-21(25)18-8-4-5-9-19(18)28-14-17-13-27-15-23-17/h1-9,13,15H,10-12,14H2,(H,22,24). The number of hydrogen-bond acceptors (Lipinski definition) is 6. The average molecular weight is 413 g/mol. The summed E-state index contributed by atoms with van der Waals surface area (Å²) in [5.74, 6) is -0.134. The minimum Gasteiger partial charge on any atom is -0.452 e. The number of benzene rings is 2. The zero-order chi connectivity index (χ0) is 19.6. The lowest BCUT2D eigenvalue weighted by Crippen LogP contribution is -2.30. The van der Waals surface area contributed by atoms with E-state index in [1.54, 1.807) is 29.0 Å². The smallest absolute Gasteiger partial charge is 0.339 e. The molecule has 7 heteroatoms. The number of hydrogen-bond donors (Lipinski definition) is 1. The molecule has 0 bridgehead atoms. The quantitative estimate of drug-likeness (QED) is 0.426. The number of carbonyl (C=O) groups excluding carboxylic acids is 2. The van der Waals surface area contributed by atoms with Gasteiger partial charge in [0.1, 0.15) is 0 Å². The van der Waals surface area contributed by atoms with Crippen LogP contribution in [-0.2, 0) is 21.7 Å². The van der Waals surface area contributed by atoms with Gasteiger partial charge < -0.3 is 10.1 Å². The van der Waals surface area contributed by atoms with E-state index in [9.17, 15) is 9.59 Å². The molecule has 0 atom stereocenters. The summed E-state index contributed by atoms with van der Waals surface area (Å²) < 4.78 is 5.19. The highest BCUT2D eigenvalue weighted by Gasteiger charge is 2.14. The molecule has 0 fully saturated rings. The first-order chi connectivity index (χ1) is 13.7. The Hall–Kier alpha value is -2.64. The summed E-state index contributed by atoms with van der Waals surface area (Å²) in [6, 6.07) is 17.1. The number of ether oxygens (including phenoxy) is 1. The van der Waals surface area contributed by atoms with Gasteiger partial charge in [-0.25, -0.2) is 9.78 Å². The second-order valence-electron chi connectivity index (χ2n) is 5.93. The fraction of sp³-hybridized carbons (Fsp3) is 0.190. The maximum atomic E-state index is 12.4. The molecule has 0 spiro atoms. The van der Waals surface area contributed by atoms with Gasteiger partial charge in [0.2, 0.25) is 0 Å². The fourth-order valence-corrected chi connectivity index (χ4v) is 4.08. The van der Waals surface area contributed by atoms with Gasteiger partial charge in [-0.1, -0.05) is 42.5 Å². The zero-order valence-electron chi connectivity index (χ0n) is 15.2. The van der Waals surface area contributed by atoms with Gasteiger partial charge in [0.15, 0.2) is 6.61 Å². The lowest BCUT2D eigenvalue weighted by molar-refractivity contribution is -0.124. The summed E-state index contributed by atoms with van der Waals surface area (Å²) in [7, 11) is 0. The Balaban J connectivity index is 1.45. The number of nitrogens with zero attached hydrogens (tertiary/aromatic N) is 1. The van der Waals surface area contributed by atoms with E-state index in [1.165, 1.54) is 11.8 Å². The molecule has 1 amide bonds. The van der Waals surface area contributed by atoms with Crippen molar-refractivity contribution in [3.05, 3.63) is 82.3 Å². The van der Waals surface area contributed by atoms with Crippen molar-refractivity contribution < 1.29 is 14.3 Å². The fourth-order valence-electron chi connectivity index (χ4n) is 2.47. The van der Waals surface area contributed by atoms with Crippen LogP contribution in [-0.4, -0.2) is 30.0 Å². The predicted octanol–water partition coefficient (Wildman–Crippen LogP) is 3.95. The van der Waals surface area contributed by atoms with Crippen molar-refractivity contribution in [1.82, 2.24) is 10.3 Å². The molecule has 0 saturated heterocycles. The third kappa shape index (κ3) is 6.21. The minimum atomic E-state index is -0.500. The zero-order valence-corrected chi connectivity index (χ0v) is 16.8. The van der Waals surface area contributed by atoms with Crippen LogP contribution in [0.4, 0.5) is 0 Å². The number of thioether (sulfide) groups is 1. The maximum absolute atomic E-state index is 12.4. The minimum absolute atomic E-state index is 0.293. The van der Waals surface area contributed by atoms with E-state index in [0.29, 0.717) is 17.9 Å². The molecule has 3 rings (SSSR count). The van der Waals surface area contributed by atoms with Gasteiger partial charge in [0, 0.05) is 22.6 Å². The van der Waals surface area contributed by atoms with E-state index in [0.717, 1.165) is 22.6 Å². The molecular formula is C21H20N2O3S2. The Kier molecular flexibility index (Phi) is 7.63. The Bertz CT molecular complexity index is 899. The van der Waals surface area contributed by atoms with Gasteiger partial charge in [-0.3, -0.25) is 4.79 Å². The predicted molar refractivity (Wildman–Crippen MR) is 112 cm³/mol. The van der Waals surface area contributed by atoms with Crippen molar-refractivity contribution in [3.8, 4) is 0 Å². The molecule has 0 radical (unpaired) electrons. The topological polar surface area (TPSA) is 68.3 Å². The highest BCUT2D eigenvalue weighted by atomic mass is 32.2. The van der Waals surface area contributed by atoms with E-state index in [-0.39, 0.29) is 12.5 Å². The summed E-state index contributed by atoms with van der Waals surface area (Å²) in [5, 5.41) is 4.75. The van der Waals surface area contributed by atoms with Gasteiger partial charge in [-0.15, -0.1) is 23.1 Å². The van der Waals surface area contributed by atoms with Gasteiger partial charge in [0.05, 0.1) is 16.8 Å². The molecule has 2 aromatic carbocycles. The van der Waals surface area contributed by atoms with Crippen molar-refractivity contribution in [3.63, 3.8) is 0 Å².